The molecule has 10 heteroatoms. The zero-order chi connectivity index (χ0) is 25.7. The Bertz CT molecular complexity index is 1330. The topological polar surface area (TPSA) is 84.9 Å². The van der Waals surface area contributed by atoms with Crippen molar-refractivity contribution < 1.29 is 23.9 Å². The molecule has 1 N–H and O–H groups in total. The SMILES string of the molecule is CCOC(=O)c1c(-c2ccccc2)csc1NC(=O)COc1ccc(/C=C2\SC(=S)N(C)C2=O)cc1. The number of benzene rings is 2. The van der Waals surface area contributed by atoms with Gasteiger partial charge in [0, 0.05) is 18.0 Å². The zero-order valence-corrected chi connectivity index (χ0v) is 21.9. The molecule has 1 aromatic heterocycles. The fourth-order valence-corrected chi connectivity index (χ4v) is 5.51. The number of thiophene rings is 1. The van der Waals surface area contributed by atoms with Crippen molar-refractivity contribution in [3.8, 4) is 16.9 Å². The number of carbonyl (C=O) groups is 3. The van der Waals surface area contributed by atoms with Gasteiger partial charge in [-0.25, -0.2) is 4.79 Å². The molecule has 3 aromatic rings. The van der Waals surface area contributed by atoms with Crippen LogP contribution in [-0.4, -0.2) is 47.3 Å². The van der Waals surface area contributed by atoms with Crippen molar-refractivity contribution in [3.63, 3.8) is 0 Å². The number of hydrogen-bond acceptors (Lipinski definition) is 8. The summed E-state index contributed by atoms with van der Waals surface area (Å²) in [4.78, 5) is 39.4. The summed E-state index contributed by atoms with van der Waals surface area (Å²) in [5.41, 5.74) is 2.69. The Kier molecular flexibility index (Phi) is 8.19. The average Bonchev–Trinajstić information content (AvgIpc) is 3.40. The minimum atomic E-state index is -0.496. The summed E-state index contributed by atoms with van der Waals surface area (Å²) in [5.74, 6) is -0.539. The molecule has 1 fully saturated rings. The van der Waals surface area contributed by atoms with E-state index in [-0.39, 0.29) is 19.1 Å². The van der Waals surface area contributed by atoms with Gasteiger partial charge < -0.3 is 14.8 Å². The van der Waals surface area contributed by atoms with Gasteiger partial charge in [0.1, 0.15) is 20.6 Å². The predicted octanol–water partition coefficient (Wildman–Crippen LogP) is 5.44. The molecule has 0 saturated carbocycles. The van der Waals surface area contributed by atoms with Gasteiger partial charge in [0.15, 0.2) is 6.61 Å². The number of hydrogen-bond donors (Lipinski definition) is 1. The molecule has 1 aliphatic heterocycles. The van der Waals surface area contributed by atoms with Gasteiger partial charge in [0.05, 0.1) is 11.5 Å². The third-order valence-corrected chi connectivity index (χ3v) is 7.52. The smallest absolute Gasteiger partial charge is 0.341 e. The minimum absolute atomic E-state index is 0.131. The Morgan fingerprint density at radius 2 is 1.83 bits per heavy atom. The van der Waals surface area contributed by atoms with Crippen molar-refractivity contribution in [2.45, 2.75) is 6.92 Å². The molecule has 0 radical (unpaired) electrons. The molecule has 7 nitrogen and oxygen atoms in total. The molecule has 2 amide bonds. The Morgan fingerprint density at radius 3 is 2.47 bits per heavy atom. The number of rotatable bonds is 8. The lowest BCUT2D eigenvalue weighted by atomic mass is 10.0. The summed E-state index contributed by atoms with van der Waals surface area (Å²) in [6, 6.07) is 16.5. The number of anilines is 1. The number of nitrogens with zero attached hydrogens (tertiary/aromatic N) is 1. The van der Waals surface area contributed by atoms with E-state index in [9.17, 15) is 14.4 Å². The molecule has 0 atom stereocenters. The van der Waals surface area contributed by atoms with Crippen molar-refractivity contribution in [3.05, 3.63) is 76.0 Å². The summed E-state index contributed by atoms with van der Waals surface area (Å²) in [5, 5.41) is 5.00. The van der Waals surface area contributed by atoms with Gasteiger partial charge in [-0.2, -0.15) is 0 Å². The highest BCUT2D eigenvalue weighted by Gasteiger charge is 2.28. The second-order valence-electron chi connectivity index (χ2n) is 7.59. The highest BCUT2D eigenvalue weighted by atomic mass is 32.2. The number of ether oxygens (including phenoxy) is 2. The largest absolute Gasteiger partial charge is 0.484 e. The first-order valence-corrected chi connectivity index (χ1v) is 13.1. The molecule has 0 aliphatic carbocycles. The quantitative estimate of drug-likeness (QED) is 0.232. The lowest BCUT2D eigenvalue weighted by Gasteiger charge is -2.10. The Balaban J connectivity index is 1.41. The lowest BCUT2D eigenvalue weighted by molar-refractivity contribution is -0.121. The first-order chi connectivity index (χ1) is 17.4. The number of thiocarbonyl (C=S) groups is 1. The molecule has 184 valence electrons. The monoisotopic (exact) mass is 538 g/mol. The van der Waals surface area contributed by atoms with E-state index < -0.39 is 11.9 Å². The van der Waals surface area contributed by atoms with Crippen LogP contribution >= 0.6 is 35.3 Å². The van der Waals surface area contributed by atoms with E-state index in [1.807, 2.05) is 35.7 Å². The number of nitrogens with one attached hydrogen (secondary N) is 1. The summed E-state index contributed by atoms with van der Waals surface area (Å²) in [7, 11) is 1.65. The molecular weight excluding hydrogens is 516 g/mol. The number of amides is 2. The Hall–Kier alpha value is -3.47. The van der Waals surface area contributed by atoms with Crippen LogP contribution < -0.4 is 10.1 Å². The van der Waals surface area contributed by atoms with Crippen LogP contribution in [0.5, 0.6) is 5.75 Å². The normalized spacial score (nSPS) is 14.3. The van der Waals surface area contributed by atoms with Crippen LogP contribution in [0.15, 0.2) is 64.9 Å². The molecule has 0 spiro atoms. The summed E-state index contributed by atoms with van der Waals surface area (Å²) in [6.45, 7) is 1.72. The molecule has 2 heterocycles. The lowest BCUT2D eigenvalue weighted by Crippen LogP contribution is -2.22. The predicted molar refractivity (Wildman–Crippen MR) is 147 cm³/mol. The number of thioether (sulfide) groups is 1. The van der Waals surface area contributed by atoms with E-state index in [2.05, 4.69) is 5.32 Å². The second-order valence-corrected chi connectivity index (χ2v) is 10.1. The van der Waals surface area contributed by atoms with E-state index in [1.165, 1.54) is 28.0 Å². The third kappa shape index (κ3) is 5.84. The number of likely N-dealkylation sites (N-methyl/N-ethyl adjacent to an activating group) is 1. The molecular formula is C26H22N2O5S3. The second kappa shape index (κ2) is 11.5. The van der Waals surface area contributed by atoms with E-state index >= 15 is 0 Å². The van der Waals surface area contributed by atoms with Crippen LogP contribution in [0.4, 0.5) is 5.00 Å². The van der Waals surface area contributed by atoms with Crippen molar-refractivity contribution in [2.24, 2.45) is 0 Å². The van der Waals surface area contributed by atoms with Gasteiger partial charge >= 0.3 is 5.97 Å². The zero-order valence-electron chi connectivity index (χ0n) is 19.5. The highest BCUT2D eigenvalue weighted by Crippen LogP contribution is 2.36. The molecule has 2 aromatic carbocycles. The maximum atomic E-state index is 12.7. The fourth-order valence-electron chi connectivity index (χ4n) is 3.35. The van der Waals surface area contributed by atoms with Crippen LogP contribution in [0, 0.1) is 0 Å². The van der Waals surface area contributed by atoms with Crippen LogP contribution in [-0.2, 0) is 14.3 Å². The van der Waals surface area contributed by atoms with E-state index in [0.29, 0.717) is 31.1 Å². The summed E-state index contributed by atoms with van der Waals surface area (Å²) in [6.07, 6.45) is 1.76. The average molecular weight is 539 g/mol. The van der Waals surface area contributed by atoms with E-state index in [4.69, 9.17) is 21.7 Å². The van der Waals surface area contributed by atoms with Crippen molar-refractivity contribution >= 4 is 68.5 Å². The third-order valence-electron chi connectivity index (χ3n) is 5.14. The fraction of sp³-hybridized carbons (Fsp3) is 0.154. The molecule has 1 saturated heterocycles. The molecule has 1 aliphatic rings. The maximum Gasteiger partial charge on any atom is 0.341 e. The van der Waals surface area contributed by atoms with Gasteiger partial charge in [-0.15, -0.1) is 11.3 Å². The standard InChI is InChI=1S/C26H22N2O5S3/c1-3-32-25(31)22-19(17-7-5-4-6-8-17)15-35-23(22)27-21(29)14-33-18-11-9-16(10-12-18)13-20-24(30)28(2)26(34)36-20/h4-13,15H,3,14H2,1-2H3,(H,27,29)/b20-13-. The van der Waals surface area contributed by atoms with Gasteiger partial charge in [0.25, 0.3) is 11.8 Å². The summed E-state index contributed by atoms with van der Waals surface area (Å²) >= 11 is 7.66. The van der Waals surface area contributed by atoms with Gasteiger partial charge in [-0.1, -0.05) is 66.4 Å². The van der Waals surface area contributed by atoms with E-state index in [1.54, 1.807) is 44.3 Å². The number of carbonyl (C=O) groups excluding carboxylic acids is 3. The van der Waals surface area contributed by atoms with Gasteiger partial charge in [-0.05, 0) is 36.3 Å². The molecule has 36 heavy (non-hydrogen) atoms. The van der Waals surface area contributed by atoms with Gasteiger partial charge in [0.2, 0.25) is 0 Å². The molecule has 0 unspecified atom stereocenters. The van der Waals surface area contributed by atoms with Crippen LogP contribution in [0.3, 0.4) is 0 Å². The first kappa shape index (κ1) is 25.6. The Morgan fingerprint density at radius 1 is 1.11 bits per heavy atom. The maximum absolute atomic E-state index is 12.7. The van der Waals surface area contributed by atoms with Crippen molar-refractivity contribution in [2.75, 3.05) is 25.6 Å². The summed E-state index contributed by atoms with van der Waals surface area (Å²) < 4.78 is 11.4. The van der Waals surface area contributed by atoms with Crippen molar-refractivity contribution in [1.82, 2.24) is 4.90 Å². The molecule has 0 bridgehead atoms. The van der Waals surface area contributed by atoms with E-state index in [0.717, 1.165) is 11.1 Å². The van der Waals surface area contributed by atoms with Crippen LogP contribution in [0.2, 0.25) is 0 Å². The van der Waals surface area contributed by atoms with Crippen molar-refractivity contribution in [1.29, 1.82) is 0 Å². The first-order valence-electron chi connectivity index (χ1n) is 11.0. The molecule has 4 rings (SSSR count). The van der Waals surface area contributed by atoms with Crippen LogP contribution in [0.25, 0.3) is 17.2 Å². The van der Waals surface area contributed by atoms with Gasteiger partial charge in [-0.3, -0.25) is 14.5 Å². The minimum Gasteiger partial charge on any atom is -0.484 e. The number of esters is 1. The van der Waals surface area contributed by atoms with Crippen LogP contribution in [0.1, 0.15) is 22.8 Å². The highest BCUT2D eigenvalue weighted by molar-refractivity contribution is 8.26. The Labute approximate surface area is 222 Å².